The van der Waals surface area contributed by atoms with Crippen molar-refractivity contribution in [3.8, 4) is 11.6 Å². The van der Waals surface area contributed by atoms with E-state index in [4.69, 9.17) is 14.5 Å². The van der Waals surface area contributed by atoms with Gasteiger partial charge in [-0.05, 0) is 56.2 Å². The molecule has 5 rings (SSSR count). The molecule has 172 valence electrons. The number of fused-ring (bicyclic) bond motifs is 2. The first-order valence-electron chi connectivity index (χ1n) is 10.8. The Hall–Kier alpha value is -3.98. The van der Waals surface area contributed by atoms with Crippen LogP contribution in [-0.4, -0.2) is 39.4 Å². The zero-order chi connectivity index (χ0) is 23.8. The number of hydrogen-bond donors (Lipinski definition) is 1. The number of rotatable bonds is 6. The van der Waals surface area contributed by atoms with Gasteiger partial charge in [-0.1, -0.05) is 29.5 Å². The quantitative estimate of drug-likeness (QED) is 0.322. The van der Waals surface area contributed by atoms with Crippen molar-refractivity contribution in [3.63, 3.8) is 0 Å². The molecule has 0 fully saturated rings. The highest BCUT2D eigenvalue weighted by Crippen LogP contribution is 2.33. The highest BCUT2D eigenvalue weighted by molar-refractivity contribution is 7.22. The molecule has 0 amide bonds. The molecule has 34 heavy (non-hydrogen) atoms. The second-order valence-corrected chi connectivity index (χ2v) is 8.82. The molecule has 9 heteroatoms. The molecule has 0 saturated carbocycles. The van der Waals surface area contributed by atoms with Gasteiger partial charge in [0.25, 0.3) is 0 Å². The van der Waals surface area contributed by atoms with Crippen molar-refractivity contribution in [3.05, 3.63) is 65.4 Å². The van der Waals surface area contributed by atoms with Gasteiger partial charge in [-0.25, -0.2) is 14.8 Å². The van der Waals surface area contributed by atoms with Crippen molar-refractivity contribution in [2.45, 2.75) is 20.8 Å². The summed E-state index contributed by atoms with van der Waals surface area (Å²) < 4.78 is 13.2. The van der Waals surface area contributed by atoms with Crippen molar-refractivity contribution >= 4 is 49.4 Å². The van der Waals surface area contributed by atoms with E-state index in [9.17, 15) is 4.79 Å². The van der Waals surface area contributed by atoms with Crippen LogP contribution < -0.4 is 10.1 Å². The molecule has 2 aromatic carbocycles. The topological polar surface area (TPSA) is 91.2 Å². The van der Waals surface area contributed by atoms with Gasteiger partial charge < -0.3 is 14.8 Å². The van der Waals surface area contributed by atoms with Crippen LogP contribution in [0.4, 0.5) is 10.9 Å². The molecule has 0 unspecified atom stereocenters. The summed E-state index contributed by atoms with van der Waals surface area (Å²) in [6.07, 6.45) is 1.50. The molecular formula is C25H23N5O3S. The van der Waals surface area contributed by atoms with Gasteiger partial charge in [0.2, 0.25) is 0 Å². The number of nitrogens with one attached hydrogen (secondary N) is 1. The summed E-state index contributed by atoms with van der Waals surface area (Å²) in [6.45, 7) is 6.10. The van der Waals surface area contributed by atoms with Crippen LogP contribution in [0.3, 0.4) is 0 Å². The number of aromatic nitrogens is 4. The monoisotopic (exact) mass is 473 g/mol. The third-order valence-electron chi connectivity index (χ3n) is 5.54. The van der Waals surface area contributed by atoms with E-state index in [1.165, 1.54) is 17.5 Å². The Kier molecular flexibility index (Phi) is 5.62. The van der Waals surface area contributed by atoms with Gasteiger partial charge in [0, 0.05) is 5.39 Å². The summed E-state index contributed by atoms with van der Waals surface area (Å²) >= 11 is 1.46. The Morgan fingerprint density at radius 1 is 1.12 bits per heavy atom. The number of aryl methyl sites for hydroxylation is 2. The summed E-state index contributed by atoms with van der Waals surface area (Å²) in [5, 5.41) is 9.48. The first-order valence-corrected chi connectivity index (χ1v) is 11.6. The maximum absolute atomic E-state index is 12.7. The predicted molar refractivity (Wildman–Crippen MR) is 134 cm³/mol. The highest BCUT2D eigenvalue weighted by Gasteiger charge is 2.22. The highest BCUT2D eigenvalue weighted by atomic mass is 32.1. The fraction of sp³-hybridized carbons (Fsp3) is 0.200. The molecule has 0 atom stereocenters. The van der Waals surface area contributed by atoms with Gasteiger partial charge in [-0.3, -0.25) is 0 Å². The molecule has 0 aliphatic heterocycles. The molecule has 0 spiro atoms. The molecule has 0 aliphatic carbocycles. The van der Waals surface area contributed by atoms with Crippen LogP contribution in [0.25, 0.3) is 26.9 Å². The number of benzene rings is 2. The number of thiazole rings is 1. The van der Waals surface area contributed by atoms with Crippen LogP contribution in [0, 0.1) is 13.8 Å². The van der Waals surface area contributed by atoms with Gasteiger partial charge in [0.05, 0.1) is 35.6 Å². The lowest BCUT2D eigenvalue weighted by Gasteiger charge is -2.12. The molecule has 0 aliphatic rings. The number of anilines is 2. The summed E-state index contributed by atoms with van der Waals surface area (Å²) in [5.74, 6) is 1.34. The van der Waals surface area contributed by atoms with Crippen LogP contribution in [-0.2, 0) is 4.74 Å². The minimum atomic E-state index is -0.465. The molecule has 5 aromatic rings. The molecule has 3 heterocycles. The lowest BCUT2D eigenvalue weighted by molar-refractivity contribution is 0.0527. The number of ether oxygens (including phenoxy) is 2. The second kappa shape index (κ2) is 8.75. The molecule has 0 radical (unpaired) electrons. The Morgan fingerprint density at radius 3 is 2.76 bits per heavy atom. The molecule has 8 nitrogen and oxygen atoms in total. The molecular weight excluding hydrogens is 450 g/mol. The Morgan fingerprint density at radius 2 is 1.97 bits per heavy atom. The van der Waals surface area contributed by atoms with E-state index in [2.05, 4.69) is 21.5 Å². The summed E-state index contributed by atoms with van der Waals surface area (Å²) in [4.78, 5) is 22.3. The average molecular weight is 474 g/mol. The lowest BCUT2D eigenvalue weighted by Crippen LogP contribution is -2.10. The molecule has 3 aromatic heterocycles. The summed E-state index contributed by atoms with van der Waals surface area (Å²) in [7, 11) is 1.63. The van der Waals surface area contributed by atoms with E-state index in [-0.39, 0.29) is 6.61 Å². The van der Waals surface area contributed by atoms with Gasteiger partial charge >= 0.3 is 5.97 Å². The number of nitrogens with zero attached hydrogens (tertiary/aromatic N) is 4. The third-order valence-corrected chi connectivity index (χ3v) is 6.47. The largest absolute Gasteiger partial charge is 0.497 e. The first-order chi connectivity index (χ1) is 16.5. The fourth-order valence-electron chi connectivity index (χ4n) is 3.84. The summed E-state index contributed by atoms with van der Waals surface area (Å²) in [5.41, 5.74) is 4.16. The van der Waals surface area contributed by atoms with Gasteiger partial charge in [0.15, 0.2) is 16.8 Å². The predicted octanol–water partition coefficient (Wildman–Crippen LogP) is 5.58. The third kappa shape index (κ3) is 3.84. The van der Waals surface area contributed by atoms with Crippen LogP contribution in [0.1, 0.15) is 28.4 Å². The Bertz CT molecular complexity index is 1540. The normalized spacial score (nSPS) is 11.2. The van der Waals surface area contributed by atoms with Crippen LogP contribution >= 0.6 is 11.3 Å². The SMILES string of the molecule is CCOC(=O)c1cnn(-c2cc(C)c3cccc(C)c3n2)c1Nc1nc2ccc(OC)cc2s1. The van der Waals surface area contributed by atoms with E-state index >= 15 is 0 Å². The smallest absolute Gasteiger partial charge is 0.343 e. The van der Waals surface area contributed by atoms with Crippen LogP contribution in [0.5, 0.6) is 5.75 Å². The number of carbonyl (C=O) groups is 1. The fourth-order valence-corrected chi connectivity index (χ4v) is 4.73. The number of esters is 1. The van der Waals surface area contributed by atoms with E-state index in [1.54, 1.807) is 18.7 Å². The number of methoxy groups -OCH3 is 1. The standard InChI is InChI=1S/C25H23N5O3S/c1-5-33-24(31)18-13-26-30(21-11-15(3)17-8-6-7-14(2)22(17)28-21)23(18)29-25-27-19-10-9-16(32-4)12-20(19)34-25/h6-13H,5H2,1-4H3,(H,27,29). The zero-order valence-electron chi connectivity index (χ0n) is 19.2. The van der Waals surface area contributed by atoms with Gasteiger partial charge in [-0.15, -0.1) is 0 Å². The number of hydrogen-bond acceptors (Lipinski definition) is 8. The minimum absolute atomic E-state index is 0.261. The van der Waals surface area contributed by atoms with E-state index in [0.717, 1.165) is 38.0 Å². The molecule has 1 N–H and O–H groups in total. The maximum atomic E-state index is 12.7. The first kappa shape index (κ1) is 21.8. The van der Waals surface area contributed by atoms with Crippen LogP contribution in [0.15, 0.2) is 48.7 Å². The lowest BCUT2D eigenvalue weighted by atomic mass is 10.1. The van der Waals surface area contributed by atoms with Crippen molar-refractivity contribution < 1.29 is 14.3 Å². The minimum Gasteiger partial charge on any atom is -0.497 e. The van der Waals surface area contributed by atoms with Crippen LogP contribution in [0.2, 0.25) is 0 Å². The van der Waals surface area contributed by atoms with E-state index in [1.807, 2.05) is 50.2 Å². The molecule has 0 bridgehead atoms. The van der Waals surface area contributed by atoms with Crippen molar-refractivity contribution in [2.24, 2.45) is 0 Å². The number of para-hydroxylation sites is 1. The van der Waals surface area contributed by atoms with E-state index < -0.39 is 5.97 Å². The number of pyridine rings is 1. The summed E-state index contributed by atoms with van der Waals surface area (Å²) in [6, 6.07) is 13.8. The Labute approximate surface area is 200 Å². The van der Waals surface area contributed by atoms with Crippen molar-refractivity contribution in [1.29, 1.82) is 0 Å². The van der Waals surface area contributed by atoms with Crippen molar-refractivity contribution in [1.82, 2.24) is 19.7 Å². The average Bonchev–Trinajstić information content (AvgIpc) is 3.43. The molecule has 0 saturated heterocycles. The maximum Gasteiger partial charge on any atom is 0.343 e. The van der Waals surface area contributed by atoms with Gasteiger partial charge in [-0.2, -0.15) is 9.78 Å². The van der Waals surface area contributed by atoms with E-state index in [0.29, 0.717) is 22.3 Å². The Balaban J connectivity index is 1.64. The van der Waals surface area contributed by atoms with Gasteiger partial charge in [0.1, 0.15) is 11.3 Å². The second-order valence-electron chi connectivity index (χ2n) is 7.79. The zero-order valence-corrected chi connectivity index (χ0v) is 20.1. The number of carbonyl (C=O) groups excluding carboxylic acids is 1. The van der Waals surface area contributed by atoms with Crippen molar-refractivity contribution in [2.75, 3.05) is 19.0 Å².